The maximum Gasteiger partial charge on any atom is 0.252 e. The molecule has 1 fully saturated rings. The number of carbonyl (C=O) groups is 1. The van der Waals surface area contributed by atoms with Crippen molar-refractivity contribution in [1.29, 1.82) is 0 Å². The van der Waals surface area contributed by atoms with Crippen LogP contribution in [0.25, 0.3) is 0 Å². The highest BCUT2D eigenvalue weighted by molar-refractivity contribution is 5.98. The van der Waals surface area contributed by atoms with Crippen LogP contribution in [0.5, 0.6) is 0 Å². The summed E-state index contributed by atoms with van der Waals surface area (Å²) in [6.07, 6.45) is 1.35. The molecule has 1 aliphatic heterocycles. The van der Waals surface area contributed by atoms with Crippen LogP contribution in [-0.4, -0.2) is 36.1 Å². The molecule has 0 saturated carbocycles. The second-order valence-corrected chi connectivity index (χ2v) is 8.61. The fourth-order valence-corrected chi connectivity index (χ4v) is 4.18. The largest absolute Gasteiger partial charge is 0.380 e. The van der Waals surface area contributed by atoms with Crippen molar-refractivity contribution in [2.75, 3.05) is 28.6 Å². The van der Waals surface area contributed by atoms with E-state index in [9.17, 15) is 13.6 Å². The van der Waals surface area contributed by atoms with Crippen molar-refractivity contribution < 1.29 is 13.6 Å². The van der Waals surface area contributed by atoms with E-state index in [1.54, 1.807) is 6.07 Å². The minimum Gasteiger partial charge on any atom is -0.380 e. The number of nitrogens with two attached hydrogens (primary N) is 1. The number of anilines is 4. The van der Waals surface area contributed by atoms with Crippen LogP contribution in [0, 0.1) is 11.6 Å². The summed E-state index contributed by atoms with van der Waals surface area (Å²) in [6, 6.07) is 13.7. The number of halogens is 2. The minimum atomic E-state index is -0.676. The Hall–Kier alpha value is -3.72. The van der Waals surface area contributed by atoms with Gasteiger partial charge in [-0.15, -0.1) is 0 Å². The van der Waals surface area contributed by atoms with Crippen LogP contribution in [0.4, 0.5) is 31.7 Å². The highest BCUT2D eigenvalue weighted by Gasteiger charge is 2.21. The summed E-state index contributed by atoms with van der Waals surface area (Å²) >= 11 is 0. The molecule has 1 amide bonds. The second kappa shape index (κ2) is 10.0. The zero-order valence-corrected chi connectivity index (χ0v) is 19.1. The Morgan fingerprint density at radius 2 is 1.82 bits per heavy atom. The van der Waals surface area contributed by atoms with Gasteiger partial charge in [-0.25, -0.2) is 13.8 Å². The molecule has 0 spiro atoms. The number of nitrogens with zero attached hydrogens (tertiary/aromatic N) is 2. The zero-order valence-electron chi connectivity index (χ0n) is 19.1. The van der Waals surface area contributed by atoms with E-state index in [0.29, 0.717) is 23.6 Å². The summed E-state index contributed by atoms with van der Waals surface area (Å²) in [5.74, 6) is -1.29. The highest BCUT2D eigenvalue weighted by atomic mass is 19.1. The fourth-order valence-electron chi connectivity index (χ4n) is 4.18. The SMILES string of the molecule is CC1CN(c2ccc(Nc3cc(NCc4cc(F)ccc4F)c(C(N)=O)cn3)cc2)CC(C)N1. The predicted molar refractivity (Wildman–Crippen MR) is 130 cm³/mol. The first kappa shape index (κ1) is 23.4. The molecule has 3 aromatic rings. The predicted octanol–water partition coefficient (Wildman–Crippen LogP) is 4.00. The fraction of sp³-hybridized carbons (Fsp3) is 0.280. The van der Waals surface area contributed by atoms with Crippen LogP contribution < -0.4 is 26.6 Å². The molecule has 4 rings (SSSR count). The van der Waals surface area contributed by atoms with Gasteiger partial charge in [0.05, 0.1) is 11.3 Å². The number of rotatable bonds is 7. The van der Waals surface area contributed by atoms with Gasteiger partial charge in [-0.2, -0.15) is 0 Å². The van der Waals surface area contributed by atoms with Crippen molar-refractivity contribution in [3.05, 3.63) is 77.5 Å². The van der Waals surface area contributed by atoms with E-state index in [0.717, 1.165) is 42.7 Å². The van der Waals surface area contributed by atoms with Crippen LogP contribution in [0.1, 0.15) is 29.8 Å². The first-order valence-corrected chi connectivity index (χ1v) is 11.1. The van der Waals surface area contributed by atoms with Gasteiger partial charge in [0.2, 0.25) is 0 Å². The molecule has 1 aliphatic rings. The number of benzene rings is 2. The molecule has 0 radical (unpaired) electrons. The first-order valence-electron chi connectivity index (χ1n) is 11.1. The Labute approximate surface area is 197 Å². The smallest absolute Gasteiger partial charge is 0.252 e. The number of hydrogen-bond donors (Lipinski definition) is 4. The van der Waals surface area contributed by atoms with Crippen LogP contribution in [0.15, 0.2) is 54.7 Å². The number of piperazine rings is 1. The summed E-state index contributed by atoms with van der Waals surface area (Å²) in [6.45, 7) is 6.20. The summed E-state index contributed by atoms with van der Waals surface area (Å²) in [7, 11) is 0. The van der Waals surface area contributed by atoms with Gasteiger partial charge in [0.15, 0.2) is 0 Å². The molecule has 1 aromatic heterocycles. The van der Waals surface area contributed by atoms with Crippen molar-refractivity contribution in [3.63, 3.8) is 0 Å². The summed E-state index contributed by atoms with van der Waals surface area (Å²) in [5, 5.41) is 9.70. The van der Waals surface area contributed by atoms with E-state index in [2.05, 4.69) is 51.8 Å². The molecule has 1 saturated heterocycles. The molecule has 9 heteroatoms. The molecule has 0 aliphatic carbocycles. The average molecular weight is 467 g/mol. The van der Waals surface area contributed by atoms with Gasteiger partial charge in [0, 0.05) is 60.9 Å². The lowest BCUT2D eigenvalue weighted by atomic mass is 10.1. The lowest BCUT2D eigenvalue weighted by molar-refractivity contribution is 0.100. The summed E-state index contributed by atoms with van der Waals surface area (Å²) < 4.78 is 27.5. The summed E-state index contributed by atoms with van der Waals surface area (Å²) in [4.78, 5) is 18.5. The van der Waals surface area contributed by atoms with E-state index in [1.807, 2.05) is 12.1 Å². The number of aromatic nitrogens is 1. The Bertz CT molecular complexity index is 1160. The zero-order chi connectivity index (χ0) is 24.2. The van der Waals surface area contributed by atoms with E-state index in [4.69, 9.17) is 5.73 Å². The normalized spacial score (nSPS) is 17.9. The molecular weight excluding hydrogens is 438 g/mol. The van der Waals surface area contributed by atoms with Crippen LogP contribution in [-0.2, 0) is 6.54 Å². The van der Waals surface area contributed by atoms with Crippen LogP contribution in [0.3, 0.4) is 0 Å². The minimum absolute atomic E-state index is 0.0242. The van der Waals surface area contributed by atoms with E-state index >= 15 is 0 Å². The number of hydrogen-bond acceptors (Lipinski definition) is 6. The molecule has 5 N–H and O–H groups in total. The lowest BCUT2D eigenvalue weighted by Crippen LogP contribution is -2.54. The van der Waals surface area contributed by atoms with Crippen molar-refractivity contribution >= 4 is 28.8 Å². The standard InChI is InChI=1S/C25H28F2N6O/c1-15-13-33(14-16(2)31-15)20-6-4-19(5-7-20)32-24-10-23(21(12-30-24)25(28)34)29-11-17-9-18(26)3-8-22(17)27/h3-10,12,15-16,31H,11,13-14H2,1-2H3,(H2,28,34)(H2,29,30,32). The van der Waals surface area contributed by atoms with E-state index < -0.39 is 17.5 Å². The van der Waals surface area contributed by atoms with Crippen molar-refractivity contribution in [3.8, 4) is 0 Å². The van der Waals surface area contributed by atoms with Crippen molar-refractivity contribution in [2.24, 2.45) is 5.73 Å². The Kier molecular flexibility index (Phi) is 6.93. The van der Waals surface area contributed by atoms with Gasteiger partial charge in [0.1, 0.15) is 17.5 Å². The van der Waals surface area contributed by atoms with Gasteiger partial charge in [-0.1, -0.05) is 0 Å². The van der Waals surface area contributed by atoms with Crippen molar-refractivity contribution in [1.82, 2.24) is 10.3 Å². The molecule has 2 unspecified atom stereocenters. The number of pyridine rings is 1. The quantitative estimate of drug-likeness (QED) is 0.421. The van der Waals surface area contributed by atoms with E-state index in [-0.39, 0.29) is 17.7 Å². The third-order valence-corrected chi connectivity index (χ3v) is 5.71. The molecule has 34 heavy (non-hydrogen) atoms. The Morgan fingerprint density at radius 3 is 2.50 bits per heavy atom. The first-order chi connectivity index (χ1) is 16.3. The van der Waals surface area contributed by atoms with Gasteiger partial charge in [-0.3, -0.25) is 4.79 Å². The molecule has 2 aromatic carbocycles. The van der Waals surface area contributed by atoms with Gasteiger partial charge < -0.3 is 26.6 Å². The molecular formula is C25H28F2N6O. The molecule has 178 valence electrons. The number of amides is 1. The van der Waals surface area contributed by atoms with Crippen LogP contribution in [0.2, 0.25) is 0 Å². The topological polar surface area (TPSA) is 95.3 Å². The molecule has 7 nitrogen and oxygen atoms in total. The highest BCUT2D eigenvalue weighted by Crippen LogP contribution is 2.25. The van der Waals surface area contributed by atoms with Crippen molar-refractivity contribution in [2.45, 2.75) is 32.5 Å². The lowest BCUT2D eigenvalue weighted by Gasteiger charge is -2.37. The molecule has 0 bridgehead atoms. The third-order valence-electron chi connectivity index (χ3n) is 5.71. The van der Waals surface area contributed by atoms with Crippen LogP contribution >= 0.6 is 0 Å². The Balaban J connectivity index is 1.49. The number of primary amides is 1. The average Bonchev–Trinajstić information content (AvgIpc) is 2.79. The maximum absolute atomic E-state index is 14.0. The van der Waals surface area contributed by atoms with Gasteiger partial charge in [-0.05, 0) is 56.3 Å². The number of nitrogens with one attached hydrogen (secondary N) is 3. The monoisotopic (exact) mass is 466 g/mol. The number of carbonyl (C=O) groups excluding carboxylic acids is 1. The van der Waals surface area contributed by atoms with Gasteiger partial charge in [0.25, 0.3) is 5.91 Å². The second-order valence-electron chi connectivity index (χ2n) is 8.61. The third kappa shape index (κ3) is 5.60. The van der Waals surface area contributed by atoms with Gasteiger partial charge >= 0.3 is 0 Å². The Morgan fingerprint density at radius 1 is 1.12 bits per heavy atom. The summed E-state index contributed by atoms with van der Waals surface area (Å²) in [5.41, 5.74) is 8.08. The molecule has 2 heterocycles. The molecule has 2 atom stereocenters. The maximum atomic E-state index is 14.0. The van der Waals surface area contributed by atoms with E-state index in [1.165, 1.54) is 6.20 Å².